The molecule has 1 aromatic carbocycles. The molecule has 4 aliphatic rings. The summed E-state index contributed by atoms with van der Waals surface area (Å²) in [4.78, 5) is 15.7. The van der Waals surface area contributed by atoms with Gasteiger partial charge in [-0.3, -0.25) is 9.69 Å². The Balaban J connectivity index is 1.89. The van der Waals surface area contributed by atoms with Gasteiger partial charge in [0.1, 0.15) is 0 Å². The monoisotopic (exact) mass is 389 g/mol. The number of nitrogens with zero attached hydrogens (tertiary/aromatic N) is 1. The van der Waals surface area contributed by atoms with Crippen molar-refractivity contribution in [3.05, 3.63) is 23.3 Å². The van der Waals surface area contributed by atoms with E-state index in [1.54, 1.807) is 28.4 Å². The second-order valence-electron chi connectivity index (χ2n) is 8.32. The Kier molecular flexibility index (Phi) is 3.73. The summed E-state index contributed by atoms with van der Waals surface area (Å²) in [5.41, 5.74) is 1.11. The highest BCUT2D eigenvalue weighted by Crippen LogP contribution is 2.72. The molecule has 2 saturated heterocycles. The normalized spacial score (nSPS) is 41.0. The fourth-order valence-corrected chi connectivity index (χ4v) is 6.86. The van der Waals surface area contributed by atoms with E-state index >= 15 is 0 Å². The Morgan fingerprint density at radius 2 is 1.96 bits per heavy atom. The van der Waals surface area contributed by atoms with Crippen molar-refractivity contribution in [2.24, 2.45) is 0 Å². The standard InChI is InChI=1S/C21H27NO6/c1-22-9-8-19-10-13(23)18(26-4)21(27-5)20(19,22)11-15(28-21)12-6-7-14(24-2)17(25-3)16(12)19/h6-7,15,18H,8-11H2,1-5H3/t15-,18-,19-,20-,21-/m1/s1. The predicted octanol–water partition coefficient (Wildman–Crippen LogP) is 1.82. The molecule has 5 rings (SSSR count). The Labute approximate surface area is 164 Å². The molecule has 152 valence electrons. The second kappa shape index (κ2) is 5.69. The molecule has 7 heteroatoms. The molecule has 3 fully saturated rings. The lowest BCUT2D eigenvalue weighted by atomic mass is 9.50. The molecule has 2 heterocycles. The minimum Gasteiger partial charge on any atom is -0.493 e. The van der Waals surface area contributed by atoms with E-state index in [-0.39, 0.29) is 11.9 Å². The SMILES string of the molecule is COc1ccc2c(c1OC)[C@]13CCN(C)[C@]14C[C@H]2O[C@]4(OC)[C@H](OC)C(=O)C3. The van der Waals surface area contributed by atoms with E-state index in [1.807, 2.05) is 6.07 Å². The van der Waals surface area contributed by atoms with Crippen molar-refractivity contribution in [1.82, 2.24) is 4.90 Å². The number of ether oxygens (including phenoxy) is 5. The van der Waals surface area contributed by atoms with Crippen LogP contribution in [0.2, 0.25) is 0 Å². The van der Waals surface area contributed by atoms with Crippen molar-refractivity contribution in [3.63, 3.8) is 0 Å². The number of likely N-dealkylation sites (tertiary alicyclic amines) is 1. The minimum atomic E-state index is -1.16. The average molecular weight is 389 g/mol. The van der Waals surface area contributed by atoms with E-state index in [9.17, 15) is 4.79 Å². The number of benzene rings is 1. The van der Waals surface area contributed by atoms with Crippen LogP contribution in [0.15, 0.2) is 12.1 Å². The zero-order chi connectivity index (χ0) is 19.9. The quantitative estimate of drug-likeness (QED) is 0.778. The smallest absolute Gasteiger partial charge is 0.222 e. The fourth-order valence-electron chi connectivity index (χ4n) is 6.86. The van der Waals surface area contributed by atoms with Crippen molar-refractivity contribution >= 4 is 5.78 Å². The van der Waals surface area contributed by atoms with Crippen molar-refractivity contribution in [3.8, 4) is 11.5 Å². The number of hydrogen-bond acceptors (Lipinski definition) is 7. The van der Waals surface area contributed by atoms with E-state index in [2.05, 4.69) is 18.0 Å². The van der Waals surface area contributed by atoms with Crippen LogP contribution in [0.3, 0.4) is 0 Å². The maximum absolute atomic E-state index is 13.3. The van der Waals surface area contributed by atoms with E-state index in [4.69, 9.17) is 23.7 Å². The lowest BCUT2D eigenvalue weighted by Crippen LogP contribution is -2.76. The van der Waals surface area contributed by atoms with Gasteiger partial charge in [-0.1, -0.05) is 6.07 Å². The van der Waals surface area contributed by atoms with Gasteiger partial charge in [-0.2, -0.15) is 0 Å². The molecular formula is C21H27NO6. The highest BCUT2D eigenvalue weighted by molar-refractivity contribution is 5.89. The zero-order valence-electron chi connectivity index (χ0n) is 17.0. The molecular weight excluding hydrogens is 362 g/mol. The van der Waals surface area contributed by atoms with Gasteiger partial charge >= 0.3 is 0 Å². The largest absolute Gasteiger partial charge is 0.493 e. The highest BCUT2D eigenvalue weighted by Gasteiger charge is 2.82. The van der Waals surface area contributed by atoms with Gasteiger partial charge < -0.3 is 23.7 Å². The van der Waals surface area contributed by atoms with Crippen LogP contribution in [0, 0.1) is 0 Å². The summed E-state index contributed by atoms with van der Waals surface area (Å²) in [6.07, 6.45) is 0.981. The molecule has 0 unspecified atom stereocenters. The number of fused-ring (bicyclic) bond motifs is 3. The molecule has 2 aliphatic carbocycles. The minimum absolute atomic E-state index is 0.00801. The number of carbonyl (C=O) groups is 1. The Morgan fingerprint density at radius 3 is 2.61 bits per heavy atom. The molecule has 0 amide bonds. The maximum Gasteiger partial charge on any atom is 0.222 e. The van der Waals surface area contributed by atoms with E-state index in [0.717, 1.165) is 30.5 Å². The number of Topliss-reactive ketones (excluding diaryl/α,β-unsaturated/α-hetero) is 1. The third-order valence-corrected chi connectivity index (χ3v) is 7.75. The molecule has 28 heavy (non-hydrogen) atoms. The molecule has 0 N–H and O–H groups in total. The molecule has 0 aromatic heterocycles. The molecule has 2 bridgehead atoms. The van der Waals surface area contributed by atoms with Crippen molar-refractivity contribution in [2.75, 3.05) is 42.0 Å². The Bertz CT molecular complexity index is 858. The maximum atomic E-state index is 13.3. The topological polar surface area (TPSA) is 66.5 Å². The van der Waals surface area contributed by atoms with Gasteiger partial charge in [0.2, 0.25) is 5.79 Å². The van der Waals surface area contributed by atoms with Crippen LogP contribution in [-0.2, 0) is 24.4 Å². The first-order valence-corrected chi connectivity index (χ1v) is 9.71. The third kappa shape index (κ3) is 1.66. The number of methoxy groups -OCH3 is 4. The van der Waals surface area contributed by atoms with Gasteiger partial charge in [0.25, 0.3) is 0 Å². The van der Waals surface area contributed by atoms with E-state index < -0.39 is 22.8 Å². The fraction of sp³-hybridized carbons (Fsp3) is 0.667. The predicted molar refractivity (Wildman–Crippen MR) is 99.8 cm³/mol. The first-order chi connectivity index (χ1) is 13.5. The van der Waals surface area contributed by atoms with Crippen LogP contribution < -0.4 is 9.47 Å². The van der Waals surface area contributed by atoms with Gasteiger partial charge in [-0.15, -0.1) is 0 Å². The number of rotatable bonds is 4. The van der Waals surface area contributed by atoms with Crippen LogP contribution in [-0.4, -0.2) is 70.1 Å². The summed E-state index contributed by atoms with van der Waals surface area (Å²) >= 11 is 0. The van der Waals surface area contributed by atoms with Crippen molar-refractivity contribution in [1.29, 1.82) is 0 Å². The summed E-state index contributed by atoms with van der Waals surface area (Å²) in [5, 5.41) is 0. The van der Waals surface area contributed by atoms with E-state index in [0.29, 0.717) is 17.9 Å². The van der Waals surface area contributed by atoms with Gasteiger partial charge in [-0.25, -0.2) is 0 Å². The van der Waals surface area contributed by atoms with Gasteiger partial charge in [0.15, 0.2) is 23.4 Å². The van der Waals surface area contributed by atoms with Crippen molar-refractivity contribution < 1.29 is 28.5 Å². The van der Waals surface area contributed by atoms with Crippen LogP contribution in [0.25, 0.3) is 0 Å². The summed E-state index contributed by atoms with van der Waals surface area (Å²) in [7, 11) is 8.58. The summed E-state index contributed by atoms with van der Waals surface area (Å²) in [6.45, 7) is 0.838. The number of ketones is 1. The van der Waals surface area contributed by atoms with E-state index in [1.165, 1.54) is 0 Å². The first-order valence-electron chi connectivity index (χ1n) is 9.71. The van der Waals surface area contributed by atoms with Crippen LogP contribution in [0.1, 0.15) is 36.5 Å². The molecule has 2 aliphatic heterocycles. The average Bonchev–Trinajstić information content (AvgIpc) is 3.20. The number of likely N-dealkylation sites (N-methyl/N-ethyl adjacent to an activating group) is 1. The molecule has 1 spiro atoms. The first kappa shape index (κ1) is 18.4. The third-order valence-electron chi connectivity index (χ3n) is 7.75. The lowest BCUT2D eigenvalue weighted by Gasteiger charge is -2.59. The van der Waals surface area contributed by atoms with Gasteiger partial charge in [-0.05, 0) is 31.6 Å². The number of hydrogen-bond donors (Lipinski definition) is 0. The second-order valence-corrected chi connectivity index (χ2v) is 8.32. The number of carbonyl (C=O) groups excluding carboxylic acids is 1. The summed E-state index contributed by atoms with van der Waals surface area (Å²) in [6, 6.07) is 3.97. The van der Waals surface area contributed by atoms with Gasteiger partial charge in [0.05, 0.1) is 25.9 Å². The molecule has 1 saturated carbocycles. The molecule has 0 radical (unpaired) electrons. The summed E-state index contributed by atoms with van der Waals surface area (Å²) in [5.74, 6) is 0.215. The Morgan fingerprint density at radius 1 is 1.18 bits per heavy atom. The van der Waals surface area contributed by atoms with Crippen LogP contribution in [0.4, 0.5) is 0 Å². The zero-order valence-corrected chi connectivity index (χ0v) is 17.0. The highest BCUT2D eigenvalue weighted by atomic mass is 16.7. The lowest BCUT2D eigenvalue weighted by molar-refractivity contribution is -0.309. The molecule has 5 atom stereocenters. The van der Waals surface area contributed by atoms with Gasteiger partial charge in [0, 0.05) is 38.0 Å². The molecule has 1 aromatic rings. The van der Waals surface area contributed by atoms with Crippen molar-refractivity contribution in [2.45, 2.75) is 48.2 Å². The summed E-state index contributed by atoms with van der Waals surface area (Å²) < 4.78 is 29.9. The Hall–Kier alpha value is -1.67. The molecule has 7 nitrogen and oxygen atoms in total. The van der Waals surface area contributed by atoms with Crippen LogP contribution >= 0.6 is 0 Å². The van der Waals surface area contributed by atoms with Crippen LogP contribution in [0.5, 0.6) is 11.5 Å².